The highest BCUT2D eigenvalue weighted by molar-refractivity contribution is 5.96. The topological polar surface area (TPSA) is 77.2 Å². The van der Waals surface area contributed by atoms with Gasteiger partial charge < -0.3 is 15.8 Å². The molecular formula is C15H17N3O2. The number of aromatic nitrogens is 1. The molecule has 20 heavy (non-hydrogen) atoms. The second-order valence-corrected chi connectivity index (χ2v) is 4.21. The number of nitrogens with two attached hydrogens (primary N) is 1. The van der Waals surface area contributed by atoms with Gasteiger partial charge in [0.2, 0.25) is 5.88 Å². The molecule has 0 aliphatic rings. The Hall–Kier alpha value is -2.56. The van der Waals surface area contributed by atoms with Crippen LogP contribution < -0.4 is 15.8 Å². The van der Waals surface area contributed by atoms with Crippen LogP contribution in [0.2, 0.25) is 0 Å². The molecule has 104 valence electrons. The number of nitrogens with one attached hydrogen (secondary N) is 1. The molecule has 0 radical (unpaired) electrons. The summed E-state index contributed by atoms with van der Waals surface area (Å²) in [5.74, 6) is 0.142. The zero-order chi connectivity index (χ0) is 14.4. The second-order valence-electron chi connectivity index (χ2n) is 4.21. The Morgan fingerprint density at radius 1 is 1.30 bits per heavy atom. The van der Waals surface area contributed by atoms with Gasteiger partial charge in [-0.3, -0.25) is 4.79 Å². The number of rotatable bonds is 5. The van der Waals surface area contributed by atoms with E-state index in [4.69, 9.17) is 10.5 Å². The normalized spacial score (nSPS) is 10.1. The van der Waals surface area contributed by atoms with E-state index in [1.54, 1.807) is 30.5 Å². The molecule has 0 spiro atoms. The van der Waals surface area contributed by atoms with E-state index in [1.165, 1.54) is 0 Å². The van der Waals surface area contributed by atoms with E-state index in [0.29, 0.717) is 30.3 Å². The van der Waals surface area contributed by atoms with Crippen LogP contribution in [0.25, 0.3) is 0 Å². The molecule has 1 heterocycles. The third-order valence-corrected chi connectivity index (χ3v) is 2.73. The molecule has 5 heteroatoms. The van der Waals surface area contributed by atoms with Crippen molar-refractivity contribution in [2.45, 2.75) is 13.5 Å². The van der Waals surface area contributed by atoms with Crippen molar-refractivity contribution < 1.29 is 9.53 Å². The van der Waals surface area contributed by atoms with Crippen LogP contribution in [0.4, 0.5) is 5.69 Å². The van der Waals surface area contributed by atoms with Gasteiger partial charge in [0, 0.05) is 18.4 Å². The van der Waals surface area contributed by atoms with Gasteiger partial charge in [0.15, 0.2) is 0 Å². The van der Waals surface area contributed by atoms with Crippen molar-refractivity contribution in [2.75, 3.05) is 12.3 Å². The zero-order valence-electron chi connectivity index (χ0n) is 11.3. The molecule has 0 saturated heterocycles. The van der Waals surface area contributed by atoms with Gasteiger partial charge in [-0.05, 0) is 36.8 Å². The zero-order valence-corrected chi connectivity index (χ0v) is 11.3. The average Bonchev–Trinajstić information content (AvgIpc) is 2.47. The SMILES string of the molecule is CCOc1ncccc1C(=O)NCc1ccc(N)cc1. The molecule has 0 bridgehead atoms. The molecular weight excluding hydrogens is 254 g/mol. The van der Waals surface area contributed by atoms with E-state index in [0.717, 1.165) is 5.56 Å². The fourth-order valence-corrected chi connectivity index (χ4v) is 1.73. The molecule has 1 aromatic heterocycles. The van der Waals surface area contributed by atoms with Crippen molar-refractivity contribution in [3.63, 3.8) is 0 Å². The number of hydrogen-bond donors (Lipinski definition) is 2. The number of nitrogens with zero attached hydrogens (tertiary/aromatic N) is 1. The number of carbonyl (C=O) groups excluding carboxylic acids is 1. The second kappa shape index (κ2) is 6.56. The minimum atomic E-state index is -0.210. The van der Waals surface area contributed by atoms with E-state index in [-0.39, 0.29) is 5.91 Å². The maximum atomic E-state index is 12.1. The number of hydrogen-bond acceptors (Lipinski definition) is 4. The van der Waals surface area contributed by atoms with E-state index in [2.05, 4.69) is 10.3 Å². The van der Waals surface area contributed by atoms with E-state index < -0.39 is 0 Å². The Morgan fingerprint density at radius 2 is 2.05 bits per heavy atom. The molecule has 1 amide bonds. The van der Waals surface area contributed by atoms with Crippen LogP contribution in [0.5, 0.6) is 5.88 Å². The molecule has 0 saturated carbocycles. The number of pyridine rings is 1. The first-order valence-electron chi connectivity index (χ1n) is 6.41. The van der Waals surface area contributed by atoms with Crippen molar-refractivity contribution in [1.29, 1.82) is 0 Å². The van der Waals surface area contributed by atoms with Crippen molar-refractivity contribution in [3.8, 4) is 5.88 Å². The van der Waals surface area contributed by atoms with E-state index in [1.807, 2.05) is 19.1 Å². The molecule has 1 aromatic carbocycles. The van der Waals surface area contributed by atoms with Gasteiger partial charge in [-0.25, -0.2) is 4.98 Å². The fourth-order valence-electron chi connectivity index (χ4n) is 1.73. The summed E-state index contributed by atoms with van der Waals surface area (Å²) in [6.45, 7) is 2.75. The van der Waals surface area contributed by atoms with E-state index in [9.17, 15) is 4.79 Å². The lowest BCUT2D eigenvalue weighted by molar-refractivity contribution is 0.0946. The summed E-state index contributed by atoms with van der Waals surface area (Å²) in [4.78, 5) is 16.2. The number of ether oxygens (including phenoxy) is 1. The first-order valence-corrected chi connectivity index (χ1v) is 6.41. The van der Waals surface area contributed by atoms with Gasteiger partial charge in [0.05, 0.1) is 6.61 Å². The fraction of sp³-hybridized carbons (Fsp3) is 0.200. The summed E-state index contributed by atoms with van der Waals surface area (Å²) in [5, 5.41) is 2.83. The molecule has 5 nitrogen and oxygen atoms in total. The van der Waals surface area contributed by atoms with Crippen molar-refractivity contribution in [2.24, 2.45) is 0 Å². The van der Waals surface area contributed by atoms with Crippen LogP contribution >= 0.6 is 0 Å². The molecule has 0 aliphatic carbocycles. The highest BCUT2D eigenvalue weighted by atomic mass is 16.5. The highest BCUT2D eigenvalue weighted by Gasteiger charge is 2.12. The van der Waals surface area contributed by atoms with Gasteiger partial charge in [-0.15, -0.1) is 0 Å². The first-order chi connectivity index (χ1) is 9.70. The van der Waals surface area contributed by atoms with Crippen molar-refractivity contribution in [3.05, 3.63) is 53.7 Å². The lowest BCUT2D eigenvalue weighted by Crippen LogP contribution is -2.23. The monoisotopic (exact) mass is 271 g/mol. The van der Waals surface area contributed by atoms with Crippen LogP contribution in [0, 0.1) is 0 Å². The number of anilines is 1. The predicted octanol–water partition coefficient (Wildman–Crippen LogP) is 1.99. The largest absolute Gasteiger partial charge is 0.477 e. The molecule has 2 aromatic rings. The molecule has 0 aliphatic heterocycles. The van der Waals surface area contributed by atoms with Crippen molar-refractivity contribution in [1.82, 2.24) is 10.3 Å². The molecule has 3 N–H and O–H groups in total. The summed E-state index contributed by atoms with van der Waals surface area (Å²) in [5.41, 5.74) is 7.73. The minimum absolute atomic E-state index is 0.210. The highest BCUT2D eigenvalue weighted by Crippen LogP contribution is 2.14. The quantitative estimate of drug-likeness (QED) is 0.815. The number of benzene rings is 1. The summed E-state index contributed by atoms with van der Waals surface area (Å²) >= 11 is 0. The maximum Gasteiger partial charge on any atom is 0.257 e. The van der Waals surface area contributed by atoms with Gasteiger partial charge in [0.25, 0.3) is 5.91 Å². The number of carbonyl (C=O) groups is 1. The van der Waals surface area contributed by atoms with Crippen LogP contribution in [0.3, 0.4) is 0 Å². The number of nitrogen functional groups attached to an aromatic ring is 1. The minimum Gasteiger partial charge on any atom is -0.477 e. The standard InChI is InChI=1S/C15H17N3O2/c1-2-20-15-13(4-3-9-17-15)14(19)18-10-11-5-7-12(16)8-6-11/h3-9H,2,10,16H2,1H3,(H,18,19). The summed E-state index contributed by atoms with van der Waals surface area (Å²) < 4.78 is 5.34. The Labute approximate surface area is 117 Å². The molecule has 0 unspecified atom stereocenters. The summed E-state index contributed by atoms with van der Waals surface area (Å²) in [7, 11) is 0. The average molecular weight is 271 g/mol. The van der Waals surface area contributed by atoms with Gasteiger partial charge >= 0.3 is 0 Å². The Morgan fingerprint density at radius 3 is 2.75 bits per heavy atom. The Kier molecular flexibility index (Phi) is 4.55. The smallest absolute Gasteiger partial charge is 0.257 e. The van der Waals surface area contributed by atoms with Crippen molar-refractivity contribution >= 4 is 11.6 Å². The van der Waals surface area contributed by atoms with Crippen LogP contribution in [0.1, 0.15) is 22.8 Å². The molecule has 0 atom stereocenters. The third kappa shape index (κ3) is 3.47. The Bertz CT molecular complexity index is 582. The predicted molar refractivity (Wildman–Crippen MR) is 77.4 cm³/mol. The van der Waals surface area contributed by atoms with Gasteiger partial charge in [-0.1, -0.05) is 12.1 Å². The lowest BCUT2D eigenvalue weighted by Gasteiger charge is -2.09. The van der Waals surface area contributed by atoms with Crippen LogP contribution in [-0.4, -0.2) is 17.5 Å². The van der Waals surface area contributed by atoms with Crippen LogP contribution in [-0.2, 0) is 6.54 Å². The van der Waals surface area contributed by atoms with Gasteiger partial charge in [0.1, 0.15) is 5.56 Å². The Balaban J connectivity index is 2.03. The summed E-state index contributed by atoms with van der Waals surface area (Å²) in [6, 6.07) is 10.8. The maximum absolute atomic E-state index is 12.1. The number of amides is 1. The summed E-state index contributed by atoms with van der Waals surface area (Å²) in [6.07, 6.45) is 1.60. The third-order valence-electron chi connectivity index (χ3n) is 2.73. The van der Waals surface area contributed by atoms with Crippen LogP contribution in [0.15, 0.2) is 42.6 Å². The molecule has 0 fully saturated rings. The van der Waals surface area contributed by atoms with E-state index >= 15 is 0 Å². The lowest BCUT2D eigenvalue weighted by atomic mass is 10.2. The first kappa shape index (κ1) is 13.9. The molecule has 2 rings (SSSR count). The van der Waals surface area contributed by atoms with Gasteiger partial charge in [-0.2, -0.15) is 0 Å².